The van der Waals surface area contributed by atoms with E-state index < -0.39 is 0 Å². The number of imidazole rings is 1. The smallest absolute Gasteiger partial charge is 0.239 e. The number of hydrogen-bond acceptors (Lipinski definition) is 5. The lowest BCUT2D eigenvalue weighted by Gasteiger charge is -2.11. The molecule has 0 aliphatic rings. The average molecular weight is 358 g/mol. The summed E-state index contributed by atoms with van der Waals surface area (Å²) in [6, 6.07) is 18.0. The Morgan fingerprint density at radius 3 is 2.56 bits per heavy atom. The van der Waals surface area contributed by atoms with Gasteiger partial charge in [0.25, 0.3) is 0 Å². The highest BCUT2D eigenvalue weighted by molar-refractivity contribution is 5.77. The Morgan fingerprint density at radius 2 is 1.78 bits per heavy atom. The summed E-state index contributed by atoms with van der Waals surface area (Å²) in [6.07, 6.45) is 2.22. The molecular formula is C21H22N6. The fraction of sp³-hybridized carbons (Fsp3) is 0.190. The van der Waals surface area contributed by atoms with E-state index in [0.717, 1.165) is 35.4 Å². The van der Waals surface area contributed by atoms with E-state index in [1.165, 1.54) is 5.56 Å². The van der Waals surface area contributed by atoms with Gasteiger partial charge in [0.2, 0.25) is 5.95 Å². The summed E-state index contributed by atoms with van der Waals surface area (Å²) in [5.41, 5.74) is 10.2. The number of para-hydroxylation sites is 2. The van der Waals surface area contributed by atoms with Crippen LogP contribution in [0.4, 0.5) is 17.3 Å². The molecular weight excluding hydrogens is 336 g/mol. The van der Waals surface area contributed by atoms with E-state index >= 15 is 0 Å². The lowest BCUT2D eigenvalue weighted by atomic mass is 10.1. The van der Waals surface area contributed by atoms with E-state index in [0.29, 0.717) is 17.6 Å². The molecule has 3 N–H and O–H groups in total. The van der Waals surface area contributed by atoms with Crippen LogP contribution in [-0.2, 0) is 6.42 Å². The third-order valence-corrected chi connectivity index (χ3v) is 4.43. The van der Waals surface area contributed by atoms with E-state index in [-0.39, 0.29) is 0 Å². The Hall–Kier alpha value is -3.41. The van der Waals surface area contributed by atoms with Gasteiger partial charge in [-0.05, 0) is 43.2 Å². The van der Waals surface area contributed by atoms with E-state index in [2.05, 4.69) is 51.5 Å². The normalized spacial score (nSPS) is 11.0. The van der Waals surface area contributed by atoms with Crippen LogP contribution >= 0.6 is 0 Å². The molecule has 0 spiro atoms. The van der Waals surface area contributed by atoms with Gasteiger partial charge in [-0.2, -0.15) is 9.97 Å². The first-order chi connectivity index (χ1) is 13.1. The van der Waals surface area contributed by atoms with Gasteiger partial charge >= 0.3 is 0 Å². The Morgan fingerprint density at radius 1 is 1.00 bits per heavy atom. The van der Waals surface area contributed by atoms with Gasteiger partial charge in [-0.15, -0.1) is 0 Å². The highest BCUT2D eigenvalue weighted by atomic mass is 15.2. The third kappa shape index (κ3) is 3.46. The monoisotopic (exact) mass is 358 g/mol. The second kappa shape index (κ2) is 7.07. The number of aromatic nitrogens is 4. The zero-order valence-electron chi connectivity index (χ0n) is 15.5. The summed E-state index contributed by atoms with van der Waals surface area (Å²) in [5, 5.41) is 3.32. The molecule has 0 atom stereocenters. The van der Waals surface area contributed by atoms with Gasteiger partial charge in [-0.25, -0.2) is 4.98 Å². The number of nitrogens with two attached hydrogens (primary N) is 1. The number of nitrogens with zero attached hydrogens (tertiary/aromatic N) is 4. The predicted octanol–water partition coefficient (Wildman–Crippen LogP) is 4.40. The first-order valence-electron chi connectivity index (χ1n) is 9.09. The van der Waals surface area contributed by atoms with Crippen molar-refractivity contribution < 1.29 is 0 Å². The summed E-state index contributed by atoms with van der Waals surface area (Å²) in [7, 11) is 0. The Balaban J connectivity index is 1.70. The quantitative estimate of drug-likeness (QED) is 0.552. The molecule has 0 radical (unpaired) electrons. The van der Waals surface area contributed by atoms with Gasteiger partial charge in [-0.1, -0.05) is 37.6 Å². The SMILES string of the molecule is CCCc1ccc(Nc2cc(N)nc(-n3c(C)nc4ccccc43)n2)cc1. The molecule has 136 valence electrons. The molecule has 27 heavy (non-hydrogen) atoms. The van der Waals surface area contributed by atoms with Crippen molar-refractivity contribution in [3.63, 3.8) is 0 Å². The number of hydrogen-bond donors (Lipinski definition) is 2. The molecule has 2 aromatic carbocycles. The number of aryl methyl sites for hydroxylation is 2. The molecule has 0 fully saturated rings. The minimum Gasteiger partial charge on any atom is -0.383 e. The molecule has 0 aliphatic heterocycles. The molecule has 0 aliphatic carbocycles. The number of anilines is 3. The summed E-state index contributed by atoms with van der Waals surface area (Å²) in [5.74, 6) is 2.38. The molecule has 0 bridgehead atoms. The van der Waals surface area contributed by atoms with Crippen molar-refractivity contribution in [1.29, 1.82) is 0 Å². The largest absolute Gasteiger partial charge is 0.383 e. The minimum absolute atomic E-state index is 0.405. The molecule has 0 saturated heterocycles. The van der Waals surface area contributed by atoms with Crippen LogP contribution in [0, 0.1) is 6.92 Å². The minimum atomic E-state index is 0.405. The van der Waals surface area contributed by atoms with Crippen LogP contribution < -0.4 is 11.1 Å². The summed E-state index contributed by atoms with van der Waals surface area (Å²) in [6.45, 7) is 4.12. The Bertz CT molecular complexity index is 1080. The number of benzene rings is 2. The molecule has 2 aromatic heterocycles. The Kier molecular flexibility index (Phi) is 4.46. The zero-order valence-corrected chi connectivity index (χ0v) is 15.5. The van der Waals surface area contributed by atoms with Crippen molar-refractivity contribution in [2.75, 3.05) is 11.1 Å². The maximum atomic E-state index is 6.05. The molecule has 0 saturated carbocycles. The molecule has 6 nitrogen and oxygen atoms in total. The number of nitrogens with one attached hydrogen (secondary N) is 1. The van der Waals surface area contributed by atoms with Crippen LogP contribution in [0.3, 0.4) is 0 Å². The van der Waals surface area contributed by atoms with E-state index in [1.54, 1.807) is 6.07 Å². The Labute approximate surface area is 158 Å². The molecule has 0 unspecified atom stereocenters. The van der Waals surface area contributed by atoms with Crippen molar-refractivity contribution in [3.05, 3.63) is 66.0 Å². The molecule has 2 heterocycles. The van der Waals surface area contributed by atoms with Crippen molar-refractivity contribution in [2.24, 2.45) is 0 Å². The van der Waals surface area contributed by atoms with Crippen LogP contribution in [0.1, 0.15) is 24.7 Å². The maximum Gasteiger partial charge on any atom is 0.239 e. The van der Waals surface area contributed by atoms with Crippen LogP contribution in [0.5, 0.6) is 0 Å². The van der Waals surface area contributed by atoms with Crippen LogP contribution in [-0.4, -0.2) is 19.5 Å². The average Bonchev–Trinajstić information content (AvgIpc) is 2.99. The highest BCUT2D eigenvalue weighted by Crippen LogP contribution is 2.22. The van der Waals surface area contributed by atoms with E-state index in [1.807, 2.05) is 35.8 Å². The van der Waals surface area contributed by atoms with Crippen molar-refractivity contribution >= 4 is 28.4 Å². The number of nitrogen functional groups attached to an aromatic ring is 1. The van der Waals surface area contributed by atoms with Crippen LogP contribution in [0.2, 0.25) is 0 Å². The molecule has 4 rings (SSSR count). The van der Waals surface area contributed by atoms with Gasteiger partial charge in [0.15, 0.2) is 0 Å². The van der Waals surface area contributed by atoms with Crippen molar-refractivity contribution in [2.45, 2.75) is 26.7 Å². The molecule has 0 amide bonds. The second-order valence-corrected chi connectivity index (χ2v) is 6.53. The van der Waals surface area contributed by atoms with Gasteiger partial charge in [0.1, 0.15) is 17.5 Å². The van der Waals surface area contributed by atoms with Crippen molar-refractivity contribution in [3.8, 4) is 5.95 Å². The van der Waals surface area contributed by atoms with E-state index in [9.17, 15) is 0 Å². The first-order valence-corrected chi connectivity index (χ1v) is 9.09. The van der Waals surface area contributed by atoms with E-state index in [4.69, 9.17) is 5.73 Å². The summed E-state index contributed by atoms with van der Waals surface area (Å²) < 4.78 is 1.92. The molecule has 6 heteroatoms. The second-order valence-electron chi connectivity index (χ2n) is 6.53. The zero-order chi connectivity index (χ0) is 18.8. The van der Waals surface area contributed by atoms with Crippen LogP contribution in [0.25, 0.3) is 17.0 Å². The highest BCUT2D eigenvalue weighted by Gasteiger charge is 2.13. The van der Waals surface area contributed by atoms with Crippen molar-refractivity contribution in [1.82, 2.24) is 19.5 Å². The van der Waals surface area contributed by atoms with Gasteiger partial charge < -0.3 is 11.1 Å². The van der Waals surface area contributed by atoms with Gasteiger partial charge in [0, 0.05) is 11.8 Å². The lowest BCUT2D eigenvalue weighted by molar-refractivity contribution is 0.909. The predicted molar refractivity (Wildman–Crippen MR) is 110 cm³/mol. The summed E-state index contributed by atoms with van der Waals surface area (Å²) in [4.78, 5) is 13.7. The van der Waals surface area contributed by atoms with Crippen LogP contribution in [0.15, 0.2) is 54.6 Å². The summed E-state index contributed by atoms with van der Waals surface area (Å²) >= 11 is 0. The van der Waals surface area contributed by atoms with Gasteiger partial charge in [0.05, 0.1) is 11.0 Å². The number of rotatable bonds is 5. The number of fused-ring (bicyclic) bond motifs is 1. The topological polar surface area (TPSA) is 81.6 Å². The first kappa shape index (κ1) is 17.0. The van der Waals surface area contributed by atoms with Gasteiger partial charge in [-0.3, -0.25) is 4.57 Å². The standard InChI is InChI=1S/C21H22N6/c1-3-6-15-9-11-16(12-10-15)24-20-13-19(22)25-21(26-20)27-14(2)23-17-7-4-5-8-18(17)27/h4-5,7-13H,3,6H2,1-2H3,(H3,22,24,25,26). The fourth-order valence-corrected chi connectivity index (χ4v) is 3.21. The maximum absolute atomic E-state index is 6.05. The molecule has 4 aromatic rings. The fourth-order valence-electron chi connectivity index (χ4n) is 3.21. The third-order valence-electron chi connectivity index (χ3n) is 4.43. The lowest BCUT2D eigenvalue weighted by Crippen LogP contribution is -2.07.